The van der Waals surface area contributed by atoms with Crippen LogP contribution in [0.5, 0.6) is 0 Å². The summed E-state index contributed by atoms with van der Waals surface area (Å²) in [6.45, 7) is 0.883. The van der Waals surface area contributed by atoms with Crippen LogP contribution in [-0.2, 0) is 13.2 Å². The molecule has 1 aliphatic heterocycles. The Morgan fingerprint density at radius 3 is 2.23 bits per heavy atom. The topological polar surface area (TPSA) is 78.0 Å². The zero-order valence-electron chi connectivity index (χ0n) is 21.5. The molecule has 0 bridgehead atoms. The Morgan fingerprint density at radius 1 is 0.925 bits per heavy atom. The molecule has 0 unspecified atom stereocenters. The summed E-state index contributed by atoms with van der Waals surface area (Å²) in [4.78, 5) is 32.3. The fourth-order valence-corrected chi connectivity index (χ4v) is 5.36. The van der Waals surface area contributed by atoms with Crippen molar-refractivity contribution in [2.45, 2.75) is 25.1 Å². The normalized spacial score (nSPS) is 14.7. The van der Waals surface area contributed by atoms with Gasteiger partial charge in [-0.1, -0.05) is 12.1 Å². The number of imidazole rings is 1. The third-order valence-corrected chi connectivity index (χ3v) is 7.46. The second-order valence-corrected chi connectivity index (χ2v) is 9.83. The van der Waals surface area contributed by atoms with E-state index in [-0.39, 0.29) is 23.3 Å². The standard InChI is InChI=1S/C29H25F3N6O2/c1-35-24-4-2-3-5-25(24)37(28(35)40)21-12-16-36(17-13-21)27(39)23-18-26(19-10-14-33-15-11-19)38(34-23)22-8-6-20(7-9-22)29(30,31)32/h2-11,14-15,18,21H,12-13,16-17H2,1H3. The van der Waals surface area contributed by atoms with Crippen LogP contribution in [0.1, 0.15) is 34.9 Å². The molecule has 204 valence electrons. The number of carbonyl (C=O) groups excluding carboxylic acids is 1. The minimum absolute atomic E-state index is 0.0419. The molecule has 1 amide bonds. The van der Waals surface area contributed by atoms with Crippen molar-refractivity contribution in [1.82, 2.24) is 28.8 Å². The predicted molar refractivity (Wildman–Crippen MR) is 143 cm³/mol. The monoisotopic (exact) mass is 546 g/mol. The van der Waals surface area contributed by atoms with Crippen molar-refractivity contribution < 1.29 is 18.0 Å². The minimum atomic E-state index is -4.46. The highest BCUT2D eigenvalue weighted by Crippen LogP contribution is 2.31. The second-order valence-electron chi connectivity index (χ2n) is 9.83. The molecule has 0 N–H and O–H groups in total. The Bertz CT molecular complexity index is 1740. The third-order valence-electron chi connectivity index (χ3n) is 7.46. The Morgan fingerprint density at radius 2 is 1.57 bits per heavy atom. The van der Waals surface area contributed by atoms with E-state index in [4.69, 9.17) is 0 Å². The zero-order chi connectivity index (χ0) is 28.0. The lowest BCUT2D eigenvalue weighted by Gasteiger charge is -2.32. The Kier molecular flexibility index (Phi) is 6.28. The van der Waals surface area contributed by atoms with Crippen LogP contribution in [0.4, 0.5) is 13.2 Å². The number of fused-ring (bicyclic) bond motifs is 1. The van der Waals surface area contributed by atoms with Gasteiger partial charge in [-0.2, -0.15) is 18.3 Å². The van der Waals surface area contributed by atoms with Crippen molar-refractivity contribution in [2.24, 2.45) is 7.05 Å². The highest BCUT2D eigenvalue weighted by molar-refractivity contribution is 5.93. The van der Waals surface area contributed by atoms with E-state index in [1.807, 2.05) is 28.8 Å². The molecule has 4 heterocycles. The molecule has 11 heteroatoms. The molecule has 2 aromatic carbocycles. The fourth-order valence-electron chi connectivity index (χ4n) is 5.36. The third kappa shape index (κ3) is 4.47. The minimum Gasteiger partial charge on any atom is -0.337 e. The maximum atomic E-state index is 13.6. The summed E-state index contributed by atoms with van der Waals surface area (Å²) in [5.41, 5.74) is 2.75. The SMILES string of the molecule is Cn1c(=O)n(C2CCN(C(=O)c3cc(-c4ccncc4)n(-c4ccc(C(F)(F)F)cc4)n3)CC2)c2ccccc21. The Labute approximate surface area is 226 Å². The molecule has 5 aromatic rings. The van der Waals surface area contributed by atoms with Crippen molar-refractivity contribution in [1.29, 1.82) is 0 Å². The summed E-state index contributed by atoms with van der Waals surface area (Å²) < 4.78 is 44.3. The lowest BCUT2D eigenvalue weighted by Crippen LogP contribution is -2.41. The van der Waals surface area contributed by atoms with Crippen LogP contribution < -0.4 is 5.69 Å². The van der Waals surface area contributed by atoms with Gasteiger partial charge < -0.3 is 4.90 Å². The smallest absolute Gasteiger partial charge is 0.337 e. The van der Waals surface area contributed by atoms with Crippen molar-refractivity contribution in [2.75, 3.05) is 13.1 Å². The van der Waals surface area contributed by atoms with Gasteiger partial charge in [-0.3, -0.25) is 18.9 Å². The number of amides is 1. The van der Waals surface area contributed by atoms with Crippen LogP contribution in [0, 0.1) is 0 Å². The van der Waals surface area contributed by atoms with Gasteiger partial charge in [-0.05, 0) is 67.4 Å². The largest absolute Gasteiger partial charge is 0.416 e. The number of pyridine rings is 1. The van der Waals surface area contributed by atoms with E-state index in [0.717, 1.165) is 28.7 Å². The van der Waals surface area contributed by atoms with Crippen LogP contribution in [-0.4, -0.2) is 47.8 Å². The summed E-state index contributed by atoms with van der Waals surface area (Å²) >= 11 is 0. The number of carbonyl (C=O) groups is 1. The Balaban J connectivity index is 1.27. The summed E-state index contributed by atoms with van der Waals surface area (Å²) in [6, 6.07) is 17.4. The number of hydrogen-bond donors (Lipinski definition) is 0. The quantitative estimate of drug-likeness (QED) is 0.315. The lowest BCUT2D eigenvalue weighted by atomic mass is 10.0. The first-order chi connectivity index (χ1) is 19.2. The van der Waals surface area contributed by atoms with Crippen molar-refractivity contribution in [3.05, 3.63) is 101 Å². The first-order valence-electron chi connectivity index (χ1n) is 12.9. The molecule has 40 heavy (non-hydrogen) atoms. The Hall–Kier alpha value is -4.67. The van der Waals surface area contributed by atoms with Crippen LogP contribution in [0.25, 0.3) is 28.0 Å². The summed E-state index contributed by atoms with van der Waals surface area (Å²) in [5, 5.41) is 4.52. The van der Waals surface area contributed by atoms with Crippen molar-refractivity contribution >= 4 is 16.9 Å². The van der Waals surface area contributed by atoms with Gasteiger partial charge in [-0.15, -0.1) is 0 Å². The van der Waals surface area contributed by atoms with Crippen LogP contribution >= 0.6 is 0 Å². The lowest BCUT2D eigenvalue weighted by molar-refractivity contribution is -0.137. The number of alkyl halides is 3. The van der Waals surface area contributed by atoms with Crippen LogP contribution in [0.3, 0.4) is 0 Å². The summed E-state index contributed by atoms with van der Waals surface area (Å²) in [6.07, 6.45) is -0.0458. The zero-order valence-corrected chi connectivity index (χ0v) is 21.5. The van der Waals surface area contributed by atoms with Gasteiger partial charge in [0.05, 0.1) is 28.0 Å². The van der Waals surface area contributed by atoms with E-state index < -0.39 is 11.7 Å². The van der Waals surface area contributed by atoms with Gasteiger partial charge in [0.2, 0.25) is 0 Å². The van der Waals surface area contributed by atoms with Gasteiger partial charge >= 0.3 is 11.9 Å². The fraction of sp³-hybridized carbons (Fsp3) is 0.241. The highest BCUT2D eigenvalue weighted by atomic mass is 19.4. The molecular formula is C29H25F3N6O2. The van der Waals surface area contributed by atoms with E-state index in [0.29, 0.717) is 37.3 Å². The number of likely N-dealkylation sites (tertiary alicyclic amines) is 1. The number of piperidine rings is 1. The molecule has 3 aromatic heterocycles. The predicted octanol–water partition coefficient (Wildman–Crippen LogP) is 5.08. The molecule has 0 saturated carbocycles. The van der Waals surface area contributed by atoms with E-state index in [2.05, 4.69) is 10.1 Å². The molecule has 1 aliphatic rings. The summed E-state index contributed by atoms with van der Waals surface area (Å²) in [5.74, 6) is -0.273. The molecule has 0 aliphatic carbocycles. The molecule has 0 spiro atoms. The van der Waals surface area contributed by atoms with E-state index >= 15 is 0 Å². The van der Waals surface area contributed by atoms with Gasteiger partial charge in [0.15, 0.2) is 5.69 Å². The van der Waals surface area contributed by atoms with Gasteiger partial charge in [0.25, 0.3) is 5.91 Å². The maximum Gasteiger partial charge on any atom is 0.416 e. The number of para-hydroxylation sites is 2. The van der Waals surface area contributed by atoms with Gasteiger partial charge in [0.1, 0.15) is 0 Å². The highest BCUT2D eigenvalue weighted by Gasteiger charge is 2.31. The first-order valence-corrected chi connectivity index (χ1v) is 12.9. The van der Waals surface area contributed by atoms with Gasteiger partial charge in [0, 0.05) is 44.1 Å². The van der Waals surface area contributed by atoms with Gasteiger partial charge in [-0.25, -0.2) is 9.48 Å². The number of aromatic nitrogens is 5. The molecule has 8 nitrogen and oxygen atoms in total. The number of rotatable bonds is 4. The average Bonchev–Trinajstić information content (AvgIpc) is 3.53. The van der Waals surface area contributed by atoms with Crippen molar-refractivity contribution in [3.8, 4) is 16.9 Å². The molecule has 0 atom stereocenters. The van der Waals surface area contributed by atoms with Crippen molar-refractivity contribution in [3.63, 3.8) is 0 Å². The molecular weight excluding hydrogens is 521 g/mol. The average molecular weight is 547 g/mol. The van der Waals surface area contributed by atoms with Crippen LogP contribution in [0.15, 0.2) is 83.9 Å². The molecule has 6 rings (SSSR count). The maximum absolute atomic E-state index is 13.6. The molecule has 1 fully saturated rings. The van der Waals surface area contributed by atoms with E-state index in [1.54, 1.807) is 47.1 Å². The first kappa shape index (κ1) is 25.6. The second kappa shape index (κ2) is 9.82. The number of hydrogen-bond acceptors (Lipinski definition) is 4. The molecule has 0 radical (unpaired) electrons. The van der Waals surface area contributed by atoms with Crippen LogP contribution in [0.2, 0.25) is 0 Å². The summed E-state index contributed by atoms with van der Waals surface area (Å²) in [7, 11) is 1.76. The van der Waals surface area contributed by atoms with E-state index in [1.165, 1.54) is 16.8 Å². The molecule has 1 saturated heterocycles. The number of benzene rings is 2. The number of halogens is 3. The number of nitrogens with zero attached hydrogens (tertiary/aromatic N) is 6. The van der Waals surface area contributed by atoms with E-state index in [9.17, 15) is 22.8 Å². The number of aryl methyl sites for hydroxylation is 1.